The molecular weight excluding hydrogens is 276 g/mol. The Morgan fingerprint density at radius 3 is 2.76 bits per heavy atom. The van der Waals surface area contributed by atoms with Crippen molar-refractivity contribution in [2.45, 2.75) is 37.5 Å². The Bertz CT molecular complexity index is 674. The molecule has 108 valence electrons. The van der Waals surface area contributed by atoms with Crippen LogP contribution in [0.2, 0.25) is 0 Å². The van der Waals surface area contributed by atoms with Gasteiger partial charge in [-0.25, -0.2) is 0 Å². The van der Waals surface area contributed by atoms with Crippen LogP contribution in [0.4, 0.5) is 5.69 Å². The van der Waals surface area contributed by atoms with Gasteiger partial charge in [0.1, 0.15) is 0 Å². The van der Waals surface area contributed by atoms with Gasteiger partial charge in [-0.1, -0.05) is 31.2 Å². The molecule has 3 heteroatoms. The van der Waals surface area contributed by atoms with E-state index in [2.05, 4.69) is 42.2 Å². The quantitative estimate of drug-likeness (QED) is 0.880. The SMILES string of the molecule is CCSC1CCC(Nc2ccc(C#N)c3ccccc23)C1. The van der Waals surface area contributed by atoms with Gasteiger partial charge in [0.25, 0.3) is 0 Å². The highest BCUT2D eigenvalue weighted by atomic mass is 32.2. The van der Waals surface area contributed by atoms with E-state index >= 15 is 0 Å². The average molecular weight is 296 g/mol. The van der Waals surface area contributed by atoms with Crippen LogP contribution < -0.4 is 5.32 Å². The van der Waals surface area contributed by atoms with Crippen molar-refractivity contribution in [2.24, 2.45) is 0 Å². The van der Waals surface area contributed by atoms with Crippen molar-refractivity contribution < 1.29 is 0 Å². The van der Waals surface area contributed by atoms with Crippen LogP contribution in [0.25, 0.3) is 10.8 Å². The summed E-state index contributed by atoms with van der Waals surface area (Å²) in [4.78, 5) is 0. The molecule has 1 aliphatic carbocycles. The monoisotopic (exact) mass is 296 g/mol. The van der Waals surface area contributed by atoms with Gasteiger partial charge in [0.2, 0.25) is 0 Å². The first kappa shape index (κ1) is 14.3. The fourth-order valence-electron chi connectivity index (χ4n) is 3.20. The lowest BCUT2D eigenvalue weighted by Gasteiger charge is -2.17. The Kier molecular flexibility index (Phi) is 4.36. The molecule has 1 N–H and O–H groups in total. The Labute approximate surface area is 130 Å². The third-order valence-corrected chi connectivity index (χ3v) is 5.42. The molecule has 0 radical (unpaired) electrons. The normalized spacial score (nSPS) is 21.3. The maximum absolute atomic E-state index is 9.23. The van der Waals surface area contributed by atoms with Gasteiger partial charge >= 0.3 is 0 Å². The predicted molar refractivity (Wildman–Crippen MR) is 91.8 cm³/mol. The molecule has 0 saturated heterocycles. The Morgan fingerprint density at radius 2 is 2.00 bits per heavy atom. The Hall–Kier alpha value is -1.66. The fourth-order valence-corrected chi connectivity index (χ4v) is 4.34. The lowest BCUT2D eigenvalue weighted by molar-refractivity contribution is 0.758. The summed E-state index contributed by atoms with van der Waals surface area (Å²) in [5.41, 5.74) is 1.92. The highest BCUT2D eigenvalue weighted by molar-refractivity contribution is 7.99. The molecule has 0 heterocycles. The minimum absolute atomic E-state index is 0.561. The Balaban J connectivity index is 1.84. The maximum Gasteiger partial charge on any atom is 0.0998 e. The van der Waals surface area contributed by atoms with Crippen LogP contribution in [0.3, 0.4) is 0 Å². The zero-order chi connectivity index (χ0) is 14.7. The Morgan fingerprint density at radius 1 is 1.19 bits per heavy atom. The molecule has 2 unspecified atom stereocenters. The molecule has 2 atom stereocenters. The number of anilines is 1. The molecule has 2 aromatic rings. The second-order valence-corrected chi connectivity index (χ2v) is 7.13. The molecule has 21 heavy (non-hydrogen) atoms. The van der Waals surface area contributed by atoms with Crippen molar-refractivity contribution in [3.05, 3.63) is 42.0 Å². The third-order valence-electron chi connectivity index (χ3n) is 4.19. The smallest absolute Gasteiger partial charge is 0.0998 e. The lowest BCUT2D eigenvalue weighted by atomic mass is 10.0. The molecule has 0 spiro atoms. The van der Waals surface area contributed by atoms with Crippen molar-refractivity contribution in [3.8, 4) is 6.07 Å². The van der Waals surface area contributed by atoms with Gasteiger partial charge in [-0.3, -0.25) is 0 Å². The molecule has 1 fully saturated rings. The number of benzene rings is 2. The van der Waals surface area contributed by atoms with Gasteiger partial charge in [-0.05, 0) is 37.1 Å². The minimum atomic E-state index is 0.561. The first-order chi connectivity index (χ1) is 10.3. The van der Waals surface area contributed by atoms with E-state index in [4.69, 9.17) is 0 Å². The van der Waals surface area contributed by atoms with E-state index in [0.717, 1.165) is 27.3 Å². The average Bonchev–Trinajstić information content (AvgIpc) is 2.95. The van der Waals surface area contributed by atoms with Gasteiger partial charge in [0.15, 0.2) is 0 Å². The van der Waals surface area contributed by atoms with Crippen molar-refractivity contribution >= 4 is 28.2 Å². The van der Waals surface area contributed by atoms with Crippen LogP contribution in [-0.2, 0) is 0 Å². The number of thioether (sulfide) groups is 1. The second-order valence-electron chi connectivity index (χ2n) is 5.55. The van der Waals surface area contributed by atoms with E-state index in [1.807, 2.05) is 24.3 Å². The first-order valence-electron chi connectivity index (χ1n) is 7.61. The lowest BCUT2D eigenvalue weighted by Crippen LogP contribution is -2.16. The number of hydrogen-bond acceptors (Lipinski definition) is 3. The molecule has 2 aromatic carbocycles. The van der Waals surface area contributed by atoms with Crippen LogP contribution in [0.15, 0.2) is 36.4 Å². The molecule has 0 aromatic heterocycles. The molecule has 2 nitrogen and oxygen atoms in total. The van der Waals surface area contributed by atoms with E-state index in [0.29, 0.717) is 6.04 Å². The summed E-state index contributed by atoms with van der Waals surface area (Å²) in [5.74, 6) is 1.21. The van der Waals surface area contributed by atoms with Gasteiger partial charge in [0.05, 0.1) is 11.6 Å². The number of fused-ring (bicyclic) bond motifs is 1. The zero-order valence-electron chi connectivity index (χ0n) is 12.3. The summed E-state index contributed by atoms with van der Waals surface area (Å²) in [5, 5.41) is 15.9. The predicted octanol–water partition coefficient (Wildman–Crippen LogP) is 4.80. The summed E-state index contributed by atoms with van der Waals surface area (Å²) in [6.45, 7) is 2.24. The molecule has 0 bridgehead atoms. The van der Waals surface area contributed by atoms with Gasteiger partial charge in [-0.15, -0.1) is 0 Å². The van der Waals surface area contributed by atoms with E-state index in [-0.39, 0.29) is 0 Å². The summed E-state index contributed by atoms with van der Waals surface area (Å²) in [6, 6.07) is 15.0. The summed E-state index contributed by atoms with van der Waals surface area (Å²) in [6.07, 6.45) is 3.79. The van der Waals surface area contributed by atoms with Crippen LogP contribution in [0.5, 0.6) is 0 Å². The summed E-state index contributed by atoms with van der Waals surface area (Å²) < 4.78 is 0. The number of nitrogens with one attached hydrogen (secondary N) is 1. The molecule has 0 amide bonds. The third kappa shape index (κ3) is 3.01. The maximum atomic E-state index is 9.23. The highest BCUT2D eigenvalue weighted by Gasteiger charge is 2.24. The van der Waals surface area contributed by atoms with E-state index in [1.165, 1.54) is 25.0 Å². The number of hydrogen-bond donors (Lipinski definition) is 1. The van der Waals surface area contributed by atoms with E-state index < -0.39 is 0 Å². The van der Waals surface area contributed by atoms with Gasteiger partial charge < -0.3 is 5.32 Å². The van der Waals surface area contributed by atoms with Crippen molar-refractivity contribution in [1.29, 1.82) is 5.26 Å². The molecule has 1 saturated carbocycles. The number of rotatable bonds is 4. The van der Waals surface area contributed by atoms with Crippen molar-refractivity contribution in [3.63, 3.8) is 0 Å². The molecular formula is C18H20N2S. The highest BCUT2D eigenvalue weighted by Crippen LogP contribution is 2.33. The van der Waals surface area contributed by atoms with Crippen LogP contribution >= 0.6 is 11.8 Å². The van der Waals surface area contributed by atoms with Gasteiger partial charge in [0, 0.05) is 27.8 Å². The first-order valence-corrected chi connectivity index (χ1v) is 8.66. The largest absolute Gasteiger partial charge is 0.382 e. The van der Waals surface area contributed by atoms with E-state index in [1.54, 1.807) is 0 Å². The van der Waals surface area contributed by atoms with Crippen molar-refractivity contribution in [1.82, 2.24) is 0 Å². The molecule has 3 rings (SSSR count). The minimum Gasteiger partial charge on any atom is -0.382 e. The molecule has 0 aliphatic heterocycles. The second kappa shape index (κ2) is 6.41. The summed E-state index contributed by atoms with van der Waals surface area (Å²) in [7, 11) is 0. The molecule has 1 aliphatic rings. The van der Waals surface area contributed by atoms with Crippen LogP contribution in [0, 0.1) is 11.3 Å². The number of nitrogens with zero attached hydrogens (tertiary/aromatic N) is 1. The van der Waals surface area contributed by atoms with E-state index in [9.17, 15) is 5.26 Å². The summed E-state index contributed by atoms with van der Waals surface area (Å²) >= 11 is 2.08. The standard InChI is InChI=1S/C18H20N2S/c1-2-21-15-9-8-14(11-15)20-18-10-7-13(12-19)16-5-3-4-6-17(16)18/h3-7,10,14-15,20H,2,8-9,11H2,1H3. The van der Waals surface area contributed by atoms with Crippen LogP contribution in [0.1, 0.15) is 31.7 Å². The fraction of sp³-hybridized carbons (Fsp3) is 0.389. The van der Waals surface area contributed by atoms with Crippen molar-refractivity contribution in [2.75, 3.05) is 11.1 Å². The van der Waals surface area contributed by atoms with Crippen LogP contribution in [-0.4, -0.2) is 17.0 Å². The number of nitriles is 1. The topological polar surface area (TPSA) is 35.8 Å². The van der Waals surface area contributed by atoms with Gasteiger partial charge in [-0.2, -0.15) is 17.0 Å². The zero-order valence-corrected chi connectivity index (χ0v) is 13.1.